The topological polar surface area (TPSA) is 134 Å². The lowest BCUT2D eigenvalue weighted by molar-refractivity contribution is -0.136. The third-order valence-corrected chi connectivity index (χ3v) is 5.21. The smallest absolute Gasteiger partial charge is 0.266 e. The van der Waals surface area contributed by atoms with E-state index in [1.807, 2.05) is 0 Å². The number of benzene rings is 1. The summed E-state index contributed by atoms with van der Waals surface area (Å²) < 4.78 is 5.53. The molecule has 5 amide bonds. The summed E-state index contributed by atoms with van der Waals surface area (Å²) in [6.45, 7) is 1.23. The van der Waals surface area contributed by atoms with Crippen molar-refractivity contribution < 1.29 is 28.7 Å². The van der Waals surface area contributed by atoms with E-state index in [0.717, 1.165) is 17.9 Å². The molecule has 0 aromatic heterocycles. The molecule has 152 valence electrons. The largest absolute Gasteiger partial charge is 0.483 e. The van der Waals surface area contributed by atoms with Crippen molar-refractivity contribution in [1.29, 1.82) is 0 Å². The van der Waals surface area contributed by atoms with Gasteiger partial charge in [-0.2, -0.15) is 0 Å². The number of carbonyl (C=O) groups excluding carboxylic acids is 5. The molecule has 29 heavy (non-hydrogen) atoms. The minimum atomic E-state index is -1.05. The van der Waals surface area contributed by atoms with Gasteiger partial charge >= 0.3 is 0 Å². The molecule has 2 saturated heterocycles. The zero-order valence-electron chi connectivity index (χ0n) is 15.5. The monoisotopic (exact) mass is 400 g/mol. The molecule has 2 atom stereocenters. The lowest BCUT2D eigenvalue weighted by atomic mass is 10.0. The Morgan fingerprint density at radius 1 is 1.17 bits per heavy atom. The van der Waals surface area contributed by atoms with E-state index in [2.05, 4.69) is 16.0 Å². The Labute approximate surface area is 165 Å². The lowest BCUT2D eigenvalue weighted by Gasteiger charge is -2.27. The number of piperidine rings is 1. The average molecular weight is 400 g/mol. The number of fused-ring (bicyclic) bond motifs is 1. The van der Waals surface area contributed by atoms with Gasteiger partial charge in [0.05, 0.1) is 11.1 Å². The standard InChI is InChI=1S/C19H20N4O6/c24-14-5-4-12(17(26)22-14)23-18(27)11-2-1-3-13(16(11)19(23)28)29-9-15(25)21-10-6-7-20-8-10/h1-3,10,12,20H,4-9H2,(H,21,25)(H,22,24,26)/t10-,12?/m0/s1. The van der Waals surface area contributed by atoms with Gasteiger partial charge in [0.25, 0.3) is 17.7 Å². The Morgan fingerprint density at radius 2 is 2.00 bits per heavy atom. The summed E-state index contributed by atoms with van der Waals surface area (Å²) in [5.74, 6) is -2.62. The van der Waals surface area contributed by atoms with Crippen LogP contribution in [0, 0.1) is 0 Å². The highest BCUT2D eigenvalue weighted by molar-refractivity contribution is 6.24. The van der Waals surface area contributed by atoms with Gasteiger partial charge in [-0.25, -0.2) is 0 Å². The van der Waals surface area contributed by atoms with Crippen LogP contribution >= 0.6 is 0 Å². The fraction of sp³-hybridized carbons (Fsp3) is 0.421. The molecule has 1 aromatic carbocycles. The zero-order valence-corrected chi connectivity index (χ0v) is 15.5. The summed E-state index contributed by atoms with van der Waals surface area (Å²) in [7, 11) is 0. The number of carbonyl (C=O) groups is 5. The van der Waals surface area contributed by atoms with Crippen molar-refractivity contribution in [3.05, 3.63) is 29.3 Å². The van der Waals surface area contributed by atoms with Crippen LogP contribution < -0.4 is 20.7 Å². The maximum Gasteiger partial charge on any atom is 0.266 e. The number of imide groups is 2. The van der Waals surface area contributed by atoms with Gasteiger partial charge < -0.3 is 15.4 Å². The Hall–Kier alpha value is -3.27. The van der Waals surface area contributed by atoms with Crippen LogP contribution in [0.4, 0.5) is 0 Å². The van der Waals surface area contributed by atoms with E-state index >= 15 is 0 Å². The van der Waals surface area contributed by atoms with E-state index in [4.69, 9.17) is 4.74 Å². The van der Waals surface area contributed by atoms with Crippen molar-refractivity contribution in [1.82, 2.24) is 20.9 Å². The highest BCUT2D eigenvalue weighted by Crippen LogP contribution is 2.33. The fourth-order valence-corrected chi connectivity index (χ4v) is 3.79. The highest BCUT2D eigenvalue weighted by Gasteiger charge is 2.46. The molecule has 1 aromatic rings. The fourth-order valence-electron chi connectivity index (χ4n) is 3.79. The molecule has 2 fully saturated rings. The first-order valence-corrected chi connectivity index (χ1v) is 9.43. The molecule has 4 rings (SSSR count). The predicted octanol–water partition coefficient (Wildman–Crippen LogP) is -1.06. The van der Waals surface area contributed by atoms with Gasteiger partial charge in [-0.1, -0.05) is 6.07 Å². The highest BCUT2D eigenvalue weighted by atomic mass is 16.5. The van der Waals surface area contributed by atoms with Gasteiger partial charge in [0.15, 0.2) is 6.61 Å². The second kappa shape index (κ2) is 7.63. The first-order chi connectivity index (χ1) is 14.0. The van der Waals surface area contributed by atoms with Gasteiger partial charge in [-0.05, 0) is 31.5 Å². The number of amides is 5. The van der Waals surface area contributed by atoms with Crippen LogP contribution in [0.3, 0.4) is 0 Å². The Kier molecular flexibility index (Phi) is 5.01. The quantitative estimate of drug-likeness (QED) is 0.537. The number of hydrogen-bond donors (Lipinski definition) is 3. The molecule has 3 aliphatic heterocycles. The van der Waals surface area contributed by atoms with Crippen molar-refractivity contribution in [2.75, 3.05) is 19.7 Å². The van der Waals surface area contributed by atoms with Gasteiger partial charge in [-0.15, -0.1) is 0 Å². The molecule has 10 heteroatoms. The molecular weight excluding hydrogens is 380 g/mol. The van der Waals surface area contributed by atoms with Gasteiger partial charge in [0, 0.05) is 19.0 Å². The van der Waals surface area contributed by atoms with Crippen LogP contribution in [-0.2, 0) is 14.4 Å². The number of rotatable bonds is 5. The van der Waals surface area contributed by atoms with Crippen LogP contribution in [0.25, 0.3) is 0 Å². The van der Waals surface area contributed by atoms with Crippen LogP contribution in [0.1, 0.15) is 40.0 Å². The first kappa shape index (κ1) is 19.1. The maximum atomic E-state index is 12.9. The Balaban J connectivity index is 1.49. The van der Waals surface area contributed by atoms with Crippen LogP contribution in [-0.4, -0.2) is 66.2 Å². The lowest BCUT2D eigenvalue weighted by Crippen LogP contribution is -2.54. The summed E-state index contributed by atoms with van der Waals surface area (Å²) in [5, 5.41) is 8.13. The summed E-state index contributed by atoms with van der Waals surface area (Å²) >= 11 is 0. The van der Waals surface area contributed by atoms with E-state index < -0.39 is 29.7 Å². The van der Waals surface area contributed by atoms with Gasteiger partial charge in [-0.3, -0.25) is 34.2 Å². The zero-order chi connectivity index (χ0) is 20.5. The van der Waals surface area contributed by atoms with Crippen LogP contribution in [0.15, 0.2) is 18.2 Å². The van der Waals surface area contributed by atoms with Gasteiger partial charge in [0.1, 0.15) is 11.8 Å². The van der Waals surface area contributed by atoms with E-state index in [1.54, 1.807) is 6.07 Å². The number of ether oxygens (including phenoxy) is 1. The molecule has 0 spiro atoms. The number of nitrogens with zero attached hydrogens (tertiary/aromatic N) is 1. The molecule has 10 nitrogen and oxygen atoms in total. The predicted molar refractivity (Wildman–Crippen MR) is 98.0 cm³/mol. The molecule has 3 aliphatic rings. The summed E-state index contributed by atoms with van der Waals surface area (Å²) in [5.41, 5.74) is 0.134. The normalized spacial score (nSPS) is 23.8. The number of hydrogen-bond acceptors (Lipinski definition) is 7. The first-order valence-electron chi connectivity index (χ1n) is 9.43. The van der Waals surface area contributed by atoms with Crippen molar-refractivity contribution in [3.8, 4) is 5.75 Å². The van der Waals surface area contributed by atoms with Crippen molar-refractivity contribution in [2.24, 2.45) is 0 Å². The van der Waals surface area contributed by atoms with Crippen molar-refractivity contribution >= 4 is 29.5 Å². The number of nitrogens with one attached hydrogen (secondary N) is 3. The van der Waals surface area contributed by atoms with Crippen LogP contribution in [0.5, 0.6) is 5.75 Å². The molecule has 0 saturated carbocycles. The van der Waals surface area contributed by atoms with E-state index in [1.165, 1.54) is 12.1 Å². The van der Waals surface area contributed by atoms with Crippen LogP contribution in [0.2, 0.25) is 0 Å². The minimum absolute atomic E-state index is 0.0255. The molecule has 0 radical (unpaired) electrons. The summed E-state index contributed by atoms with van der Waals surface area (Å²) in [4.78, 5) is 62.1. The summed E-state index contributed by atoms with van der Waals surface area (Å²) in [6.07, 6.45) is 0.952. The average Bonchev–Trinajstić information content (AvgIpc) is 3.28. The molecule has 0 aliphatic carbocycles. The summed E-state index contributed by atoms with van der Waals surface area (Å²) in [6, 6.07) is 3.51. The van der Waals surface area contributed by atoms with Gasteiger partial charge in [0.2, 0.25) is 11.8 Å². The van der Waals surface area contributed by atoms with E-state index in [0.29, 0.717) is 6.54 Å². The van der Waals surface area contributed by atoms with E-state index in [9.17, 15) is 24.0 Å². The Morgan fingerprint density at radius 3 is 2.72 bits per heavy atom. The van der Waals surface area contributed by atoms with Crippen molar-refractivity contribution in [3.63, 3.8) is 0 Å². The molecular formula is C19H20N4O6. The van der Waals surface area contributed by atoms with Crippen molar-refractivity contribution in [2.45, 2.75) is 31.3 Å². The minimum Gasteiger partial charge on any atom is -0.483 e. The molecule has 3 N–H and O–H groups in total. The third-order valence-electron chi connectivity index (χ3n) is 5.21. The third kappa shape index (κ3) is 3.58. The molecule has 1 unspecified atom stereocenters. The molecule has 0 bridgehead atoms. The molecule has 3 heterocycles. The second-order valence-corrected chi connectivity index (χ2v) is 7.17. The second-order valence-electron chi connectivity index (χ2n) is 7.17. The Bertz CT molecular complexity index is 908. The SMILES string of the molecule is O=C1CCC(N2C(=O)c3cccc(OCC(=O)N[C@H]4CCNC4)c3C2=O)C(=O)N1. The maximum absolute atomic E-state index is 12.9. The van der Waals surface area contributed by atoms with E-state index in [-0.39, 0.29) is 48.3 Å².